The third-order valence-corrected chi connectivity index (χ3v) is 6.71. The second-order valence-corrected chi connectivity index (χ2v) is 10.0. The van der Waals surface area contributed by atoms with Crippen molar-refractivity contribution in [3.63, 3.8) is 0 Å². The summed E-state index contributed by atoms with van der Waals surface area (Å²) in [6, 6.07) is 0. The van der Waals surface area contributed by atoms with Crippen LogP contribution in [-0.2, 0) is 4.79 Å². The SMILES string of the molecule is CCCCCCCCCCCCCCCCCCCCCCCCCC/C=C/C=C/C(=O)O. The lowest BCUT2D eigenvalue weighted by atomic mass is 10.0. The van der Waals surface area contributed by atoms with Crippen molar-refractivity contribution < 1.29 is 9.90 Å². The molecule has 0 aromatic rings. The van der Waals surface area contributed by atoms with Crippen molar-refractivity contribution in [3.05, 3.63) is 24.3 Å². The van der Waals surface area contributed by atoms with E-state index in [9.17, 15) is 4.79 Å². The van der Waals surface area contributed by atoms with Crippen LogP contribution >= 0.6 is 0 Å². The first-order valence-corrected chi connectivity index (χ1v) is 14.8. The van der Waals surface area contributed by atoms with Crippen LogP contribution in [0.25, 0.3) is 0 Å². The molecule has 0 rings (SSSR count). The van der Waals surface area contributed by atoms with Crippen molar-refractivity contribution in [2.75, 3.05) is 0 Å². The van der Waals surface area contributed by atoms with Gasteiger partial charge in [-0.05, 0) is 12.8 Å². The summed E-state index contributed by atoms with van der Waals surface area (Å²) in [4.78, 5) is 10.3. The Bertz CT molecular complexity index is 438. The fourth-order valence-electron chi connectivity index (χ4n) is 4.54. The van der Waals surface area contributed by atoms with Gasteiger partial charge in [0, 0.05) is 6.08 Å². The summed E-state index contributed by atoms with van der Waals surface area (Å²) in [7, 11) is 0. The minimum absolute atomic E-state index is 0.880. The Morgan fingerprint density at radius 3 is 1.09 bits per heavy atom. The van der Waals surface area contributed by atoms with Crippen LogP contribution in [0.3, 0.4) is 0 Å². The highest BCUT2D eigenvalue weighted by Crippen LogP contribution is 2.15. The lowest BCUT2D eigenvalue weighted by molar-refractivity contribution is -0.131. The molecule has 0 aliphatic heterocycles. The molecule has 0 saturated heterocycles. The fourth-order valence-corrected chi connectivity index (χ4v) is 4.54. The van der Waals surface area contributed by atoms with Crippen molar-refractivity contribution in [2.45, 2.75) is 167 Å². The number of rotatable bonds is 27. The molecule has 0 bridgehead atoms. The van der Waals surface area contributed by atoms with E-state index in [2.05, 4.69) is 13.0 Å². The molecule has 0 aromatic carbocycles. The van der Waals surface area contributed by atoms with Gasteiger partial charge in [0.25, 0.3) is 0 Å². The molecule has 0 amide bonds. The van der Waals surface area contributed by atoms with Gasteiger partial charge in [-0.3, -0.25) is 0 Å². The molecule has 1 N–H and O–H groups in total. The van der Waals surface area contributed by atoms with Gasteiger partial charge in [0.1, 0.15) is 0 Å². The largest absolute Gasteiger partial charge is 0.478 e. The second-order valence-electron chi connectivity index (χ2n) is 10.0. The Morgan fingerprint density at radius 1 is 0.485 bits per heavy atom. The van der Waals surface area contributed by atoms with Gasteiger partial charge in [-0.15, -0.1) is 0 Å². The highest BCUT2D eigenvalue weighted by Gasteiger charge is 1.96. The van der Waals surface area contributed by atoms with E-state index < -0.39 is 5.97 Å². The first-order valence-electron chi connectivity index (χ1n) is 14.8. The van der Waals surface area contributed by atoms with Crippen molar-refractivity contribution >= 4 is 5.97 Å². The van der Waals surface area contributed by atoms with E-state index in [0.717, 1.165) is 6.42 Å². The standard InChI is InChI=1S/C31H58O2/c1-2-3-4-5-6-7-8-9-10-11-12-13-14-15-16-17-18-19-20-21-22-23-24-25-26-27-28-29-30-31(32)33/h27-30H,2-26H2,1H3,(H,32,33)/b28-27+,30-29+. The molecule has 0 saturated carbocycles. The zero-order valence-electron chi connectivity index (χ0n) is 22.3. The summed E-state index contributed by atoms with van der Waals surface area (Å²) in [6.07, 6.45) is 41.9. The first-order chi connectivity index (χ1) is 16.3. The summed E-state index contributed by atoms with van der Waals surface area (Å²) >= 11 is 0. The Labute approximate surface area is 207 Å². The van der Waals surface area contributed by atoms with Gasteiger partial charge in [-0.2, -0.15) is 0 Å². The topological polar surface area (TPSA) is 37.3 Å². The maximum atomic E-state index is 10.3. The highest BCUT2D eigenvalue weighted by atomic mass is 16.4. The molecule has 0 unspecified atom stereocenters. The first kappa shape index (κ1) is 31.9. The lowest BCUT2D eigenvalue weighted by Crippen LogP contribution is -1.84. The van der Waals surface area contributed by atoms with Crippen molar-refractivity contribution in [1.82, 2.24) is 0 Å². The van der Waals surface area contributed by atoms with Crippen LogP contribution in [0.2, 0.25) is 0 Å². The normalized spacial score (nSPS) is 11.8. The minimum atomic E-state index is -0.880. The lowest BCUT2D eigenvalue weighted by Gasteiger charge is -2.04. The quantitative estimate of drug-likeness (QED) is 0.0748. The van der Waals surface area contributed by atoms with Gasteiger partial charge in [-0.1, -0.05) is 173 Å². The number of carboxylic acids is 1. The number of aliphatic carboxylic acids is 1. The van der Waals surface area contributed by atoms with Crippen LogP contribution in [0.15, 0.2) is 24.3 Å². The molecule has 194 valence electrons. The van der Waals surface area contributed by atoms with E-state index in [1.54, 1.807) is 6.08 Å². The van der Waals surface area contributed by atoms with Crippen LogP contribution in [0.5, 0.6) is 0 Å². The molecule has 0 aliphatic carbocycles. The molecule has 0 radical (unpaired) electrons. The minimum Gasteiger partial charge on any atom is -0.478 e. The Morgan fingerprint density at radius 2 is 0.788 bits per heavy atom. The molecule has 0 atom stereocenters. The second kappa shape index (κ2) is 29.0. The summed E-state index contributed by atoms with van der Waals surface area (Å²) < 4.78 is 0. The van der Waals surface area contributed by atoms with E-state index in [-0.39, 0.29) is 0 Å². The number of allylic oxidation sites excluding steroid dienone is 3. The van der Waals surface area contributed by atoms with Crippen molar-refractivity contribution in [1.29, 1.82) is 0 Å². The summed E-state index contributed by atoms with van der Waals surface area (Å²) in [5, 5.41) is 8.49. The third kappa shape index (κ3) is 30.9. The monoisotopic (exact) mass is 462 g/mol. The van der Waals surface area contributed by atoms with Gasteiger partial charge in [0.15, 0.2) is 0 Å². The molecular weight excluding hydrogens is 404 g/mol. The third-order valence-electron chi connectivity index (χ3n) is 6.71. The van der Waals surface area contributed by atoms with E-state index in [1.165, 1.54) is 160 Å². The van der Waals surface area contributed by atoms with Crippen LogP contribution in [0, 0.1) is 0 Å². The zero-order chi connectivity index (χ0) is 24.1. The Kier molecular flexibility index (Phi) is 28.1. The molecule has 0 heterocycles. The summed E-state index contributed by atoms with van der Waals surface area (Å²) in [6.45, 7) is 2.30. The van der Waals surface area contributed by atoms with Gasteiger partial charge in [-0.25, -0.2) is 4.79 Å². The molecule has 33 heavy (non-hydrogen) atoms. The molecule has 0 fully saturated rings. The molecule has 2 nitrogen and oxygen atoms in total. The number of carboxylic acid groups (broad SMARTS) is 1. The number of hydrogen-bond donors (Lipinski definition) is 1. The fraction of sp³-hybridized carbons (Fsp3) is 0.839. The van der Waals surface area contributed by atoms with Crippen LogP contribution in [-0.4, -0.2) is 11.1 Å². The zero-order valence-corrected chi connectivity index (χ0v) is 22.3. The van der Waals surface area contributed by atoms with E-state index in [0.29, 0.717) is 0 Å². The molecule has 2 heteroatoms. The van der Waals surface area contributed by atoms with E-state index >= 15 is 0 Å². The van der Waals surface area contributed by atoms with Gasteiger partial charge < -0.3 is 5.11 Å². The van der Waals surface area contributed by atoms with Crippen molar-refractivity contribution in [3.8, 4) is 0 Å². The Balaban J connectivity index is 3.07. The summed E-state index contributed by atoms with van der Waals surface area (Å²) in [5.41, 5.74) is 0. The van der Waals surface area contributed by atoms with Gasteiger partial charge >= 0.3 is 5.97 Å². The highest BCUT2D eigenvalue weighted by molar-refractivity contribution is 5.80. The number of carbonyl (C=O) groups is 1. The van der Waals surface area contributed by atoms with Crippen LogP contribution in [0.4, 0.5) is 0 Å². The predicted molar refractivity (Wildman–Crippen MR) is 147 cm³/mol. The van der Waals surface area contributed by atoms with Crippen LogP contribution in [0.1, 0.15) is 167 Å². The Hall–Kier alpha value is -1.05. The molecular formula is C31H58O2. The smallest absolute Gasteiger partial charge is 0.328 e. The average molecular weight is 463 g/mol. The van der Waals surface area contributed by atoms with Gasteiger partial charge in [0.05, 0.1) is 0 Å². The van der Waals surface area contributed by atoms with E-state index in [1.807, 2.05) is 6.08 Å². The molecule has 0 aliphatic rings. The number of hydrogen-bond acceptors (Lipinski definition) is 1. The maximum Gasteiger partial charge on any atom is 0.328 e. The van der Waals surface area contributed by atoms with Gasteiger partial charge in [0.2, 0.25) is 0 Å². The molecule has 0 spiro atoms. The number of unbranched alkanes of at least 4 members (excludes halogenated alkanes) is 24. The summed E-state index contributed by atoms with van der Waals surface area (Å²) in [5.74, 6) is -0.880. The van der Waals surface area contributed by atoms with Crippen LogP contribution < -0.4 is 0 Å². The van der Waals surface area contributed by atoms with Crippen molar-refractivity contribution in [2.24, 2.45) is 0 Å². The predicted octanol–water partition coefficient (Wildman–Crippen LogP) is 11.0. The molecule has 0 aromatic heterocycles. The van der Waals surface area contributed by atoms with E-state index in [4.69, 9.17) is 5.11 Å². The average Bonchev–Trinajstić information content (AvgIpc) is 2.80. The maximum absolute atomic E-state index is 10.3.